The van der Waals surface area contributed by atoms with Gasteiger partial charge in [0.1, 0.15) is 0 Å². The molecule has 0 aromatic heterocycles. The molecule has 1 aromatic rings. The Bertz CT molecular complexity index is 299. The summed E-state index contributed by atoms with van der Waals surface area (Å²) in [4.78, 5) is 1.31. The van der Waals surface area contributed by atoms with Gasteiger partial charge in [0.25, 0.3) is 0 Å². The summed E-state index contributed by atoms with van der Waals surface area (Å²) in [6.07, 6.45) is 0. The number of benzene rings is 1. The van der Waals surface area contributed by atoms with Crippen LogP contribution in [0.5, 0.6) is 11.5 Å². The number of rotatable bonds is 2. The molecule has 13 heavy (non-hydrogen) atoms. The number of methoxy groups -OCH3 is 2. The summed E-state index contributed by atoms with van der Waals surface area (Å²) in [5.41, 5.74) is 0. The Morgan fingerprint density at radius 1 is 1.15 bits per heavy atom. The van der Waals surface area contributed by atoms with Crippen LogP contribution in [0.2, 0.25) is 0 Å². The monoisotopic (exact) mass is 328 g/mol. The van der Waals surface area contributed by atoms with Crippen LogP contribution >= 0.6 is 10.2 Å². The van der Waals surface area contributed by atoms with Crippen LogP contribution in [-0.2, 0) is 0 Å². The molecule has 0 fully saturated rings. The van der Waals surface area contributed by atoms with E-state index in [9.17, 15) is 0 Å². The van der Waals surface area contributed by atoms with Crippen LogP contribution < -0.4 is 13.9 Å². The van der Waals surface area contributed by atoms with Crippen LogP contribution in [0, 0.1) is 0 Å². The first-order chi connectivity index (χ1) is 6.36. The molecule has 1 aliphatic heterocycles. The standard InChI is InChI=1S/C8H8O2SSe2/c1-9-5-3-4-6(10-2)8-7(5)11-13-12-8/h3-4H,1-2H3. The first-order valence-corrected chi connectivity index (χ1v) is 11.7. The predicted octanol–water partition coefficient (Wildman–Crippen LogP) is 0.673. The first-order valence-electron chi connectivity index (χ1n) is 3.63. The van der Waals surface area contributed by atoms with Crippen molar-refractivity contribution in [1.29, 1.82) is 0 Å². The topological polar surface area (TPSA) is 18.5 Å². The van der Waals surface area contributed by atoms with E-state index in [2.05, 4.69) is 0 Å². The fourth-order valence-corrected chi connectivity index (χ4v) is 13.9. The van der Waals surface area contributed by atoms with Crippen LogP contribution in [0.25, 0.3) is 0 Å². The molecule has 0 unspecified atom stereocenters. The van der Waals surface area contributed by atoms with Crippen molar-refractivity contribution in [3.63, 3.8) is 0 Å². The van der Waals surface area contributed by atoms with Crippen LogP contribution in [0.4, 0.5) is 0 Å². The first kappa shape index (κ1) is 9.75. The van der Waals surface area contributed by atoms with E-state index >= 15 is 0 Å². The third-order valence-corrected chi connectivity index (χ3v) is 12.1. The van der Waals surface area contributed by atoms with E-state index in [0.29, 0.717) is 25.1 Å². The second-order valence-corrected chi connectivity index (χ2v) is 12.5. The predicted molar refractivity (Wildman–Crippen MR) is 56.5 cm³/mol. The van der Waals surface area contributed by atoms with Gasteiger partial charge < -0.3 is 0 Å². The summed E-state index contributed by atoms with van der Waals surface area (Å²) < 4.78 is 12.0. The van der Waals surface area contributed by atoms with E-state index < -0.39 is 0 Å². The molecule has 1 aromatic carbocycles. The van der Waals surface area contributed by atoms with Gasteiger partial charge in [-0.2, -0.15) is 0 Å². The molecular formula is C8H8O2SSe2. The van der Waals surface area contributed by atoms with Crippen LogP contribution in [0.3, 0.4) is 0 Å². The molecule has 0 bridgehead atoms. The molecule has 0 saturated heterocycles. The van der Waals surface area contributed by atoms with Gasteiger partial charge >= 0.3 is 92.0 Å². The van der Waals surface area contributed by atoms with E-state index in [1.54, 1.807) is 14.2 Å². The van der Waals surface area contributed by atoms with Crippen LogP contribution in [0.15, 0.2) is 17.0 Å². The molecule has 5 heteroatoms. The van der Waals surface area contributed by atoms with Crippen LogP contribution in [0.1, 0.15) is 0 Å². The Morgan fingerprint density at radius 2 is 1.85 bits per heavy atom. The van der Waals surface area contributed by atoms with Gasteiger partial charge in [0.15, 0.2) is 0 Å². The summed E-state index contributed by atoms with van der Waals surface area (Å²) in [5.74, 6) is 2.03. The maximum atomic E-state index is 5.31. The zero-order chi connectivity index (χ0) is 9.26. The fourth-order valence-electron chi connectivity index (χ4n) is 1.09. The van der Waals surface area contributed by atoms with Gasteiger partial charge in [-0.1, -0.05) is 0 Å². The van der Waals surface area contributed by atoms with Crippen molar-refractivity contribution < 1.29 is 9.47 Å². The van der Waals surface area contributed by atoms with Gasteiger partial charge in [-0.15, -0.1) is 0 Å². The van der Waals surface area contributed by atoms with Gasteiger partial charge in [-0.25, -0.2) is 0 Å². The second-order valence-electron chi connectivity index (χ2n) is 2.36. The summed E-state index contributed by atoms with van der Waals surface area (Å²) in [7, 11) is 5.39. The zero-order valence-corrected chi connectivity index (χ0v) is 11.4. The third-order valence-electron chi connectivity index (χ3n) is 1.71. The van der Waals surface area contributed by atoms with E-state index in [1.165, 1.54) is 9.36 Å². The molecule has 0 aliphatic carbocycles. The van der Waals surface area contributed by atoms with Crippen molar-refractivity contribution >= 4 is 39.8 Å². The number of hydrogen-bond donors (Lipinski definition) is 0. The SMILES string of the molecule is COc1ccc(OC)c2c1S[Se][Se]2. The number of fused-ring (bicyclic) bond motifs is 1. The van der Waals surface area contributed by atoms with E-state index in [1.807, 2.05) is 22.3 Å². The molecule has 0 spiro atoms. The van der Waals surface area contributed by atoms with E-state index in [4.69, 9.17) is 9.47 Å². The Kier molecular flexibility index (Phi) is 3.12. The molecule has 1 aliphatic rings. The maximum absolute atomic E-state index is 5.31. The van der Waals surface area contributed by atoms with Crippen molar-refractivity contribution in [2.24, 2.45) is 0 Å². The molecule has 0 atom stereocenters. The van der Waals surface area contributed by atoms with Crippen molar-refractivity contribution in [2.45, 2.75) is 4.90 Å². The third kappa shape index (κ3) is 1.72. The van der Waals surface area contributed by atoms with Crippen molar-refractivity contribution in [1.82, 2.24) is 0 Å². The molecule has 70 valence electrons. The second kappa shape index (κ2) is 4.16. The number of hydrogen-bond acceptors (Lipinski definition) is 3. The van der Waals surface area contributed by atoms with Gasteiger partial charge in [0.05, 0.1) is 0 Å². The van der Waals surface area contributed by atoms with Gasteiger partial charge in [-0.05, 0) is 0 Å². The number of ether oxygens (including phenoxy) is 2. The minimum absolute atomic E-state index is 0.604. The molecule has 0 radical (unpaired) electrons. The van der Waals surface area contributed by atoms with Crippen molar-refractivity contribution in [2.75, 3.05) is 14.2 Å². The Balaban J connectivity index is 2.52. The van der Waals surface area contributed by atoms with Crippen LogP contribution in [-0.4, -0.2) is 39.4 Å². The molecular weight excluding hydrogens is 318 g/mol. The minimum atomic E-state index is 0.604. The Morgan fingerprint density at radius 3 is 2.54 bits per heavy atom. The summed E-state index contributed by atoms with van der Waals surface area (Å²) >= 11 is 1.28. The van der Waals surface area contributed by atoms with Crippen molar-refractivity contribution in [3.8, 4) is 11.5 Å². The van der Waals surface area contributed by atoms with Gasteiger partial charge in [0, 0.05) is 0 Å². The average molecular weight is 326 g/mol. The summed E-state index contributed by atoms with van der Waals surface area (Å²) in [5, 5.41) is 0. The molecule has 2 rings (SSSR count). The summed E-state index contributed by atoms with van der Waals surface area (Å²) in [6, 6.07) is 3.99. The Hall–Kier alpha value is 0.209. The van der Waals surface area contributed by atoms with Gasteiger partial charge in [-0.3, -0.25) is 0 Å². The van der Waals surface area contributed by atoms with E-state index in [0.717, 1.165) is 11.5 Å². The van der Waals surface area contributed by atoms with E-state index in [-0.39, 0.29) is 0 Å². The zero-order valence-electron chi connectivity index (χ0n) is 7.20. The molecule has 2 nitrogen and oxygen atoms in total. The average Bonchev–Trinajstić information content (AvgIpc) is 2.64. The summed E-state index contributed by atoms with van der Waals surface area (Å²) in [6.45, 7) is 0. The van der Waals surface area contributed by atoms with Gasteiger partial charge in [0.2, 0.25) is 0 Å². The Labute approximate surface area is 91.7 Å². The molecule has 0 amide bonds. The molecule has 1 heterocycles. The van der Waals surface area contributed by atoms with Crippen molar-refractivity contribution in [3.05, 3.63) is 12.1 Å². The molecule has 0 N–H and O–H groups in total. The fraction of sp³-hybridized carbons (Fsp3) is 0.250. The molecule has 0 saturated carbocycles. The normalized spacial score (nSPS) is 14.0. The quantitative estimate of drug-likeness (QED) is 0.745.